The van der Waals surface area contributed by atoms with Gasteiger partial charge in [-0.15, -0.1) is 0 Å². The predicted molar refractivity (Wildman–Crippen MR) is 75.7 cm³/mol. The molecule has 0 unspecified atom stereocenters. The molecule has 1 aromatic heterocycles. The average molecular weight is 272 g/mol. The van der Waals surface area contributed by atoms with Crippen molar-refractivity contribution in [3.8, 4) is 5.75 Å². The van der Waals surface area contributed by atoms with Gasteiger partial charge in [-0.25, -0.2) is 4.79 Å². The van der Waals surface area contributed by atoms with Crippen LogP contribution in [-0.4, -0.2) is 23.2 Å². The minimum atomic E-state index is -0.408. The van der Waals surface area contributed by atoms with Crippen molar-refractivity contribution in [1.29, 1.82) is 0 Å². The Morgan fingerprint density at radius 3 is 2.80 bits per heavy atom. The molecule has 20 heavy (non-hydrogen) atoms. The van der Waals surface area contributed by atoms with Crippen LogP contribution < -0.4 is 5.32 Å². The molecule has 0 radical (unpaired) electrons. The molecular weight excluding hydrogens is 256 g/mol. The molecule has 0 saturated heterocycles. The number of hydrogen-bond donors (Lipinski definition) is 2. The summed E-state index contributed by atoms with van der Waals surface area (Å²) in [6, 6.07) is 10.4. The van der Waals surface area contributed by atoms with Gasteiger partial charge in [-0.1, -0.05) is 12.1 Å². The van der Waals surface area contributed by atoms with Gasteiger partial charge in [0.25, 0.3) is 0 Å². The summed E-state index contributed by atoms with van der Waals surface area (Å²) in [7, 11) is 1.34. The Bertz CT molecular complexity index is 626. The van der Waals surface area contributed by atoms with Gasteiger partial charge in [0, 0.05) is 11.4 Å². The number of carbonyl (C=O) groups excluding carboxylic acids is 1. The van der Waals surface area contributed by atoms with Crippen LogP contribution in [0.3, 0.4) is 0 Å². The number of methoxy groups -OCH3 is 1. The molecule has 0 fully saturated rings. The van der Waals surface area contributed by atoms with E-state index in [4.69, 9.17) is 4.74 Å². The number of para-hydroxylation sites is 1. The normalized spacial score (nSPS) is 10.1. The molecular formula is C15H16N2O3. The zero-order valence-electron chi connectivity index (χ0n) is 11.4. The number of hydrogen-bond acceptors (Lipinski definition) is 5. The molecule has 2 rings (SSSR count). The van der Waals surface area contributed by atoms with E-state index in [9.17, 15) is 9.90 Å². The number of anilines is 1. The molecule has 0 atom stereocenters. The highest BCUT2D eigenvalue weighted by molar-refractivity contribution is 5.95. The monoisotopic (exact) mass is 272 g/mol. The lowest BCUT2D eigenvalue weighted by molar-refractivity contribution is 0.0602. The first-order chi connectivity index (χ1) is 9.61. The highest BCUT2D eigenvalue weighted by Crippen LogP contribution is 2.20. The smallest absolute Gasteiger partial charge is 0.339 e. The van der Waals surface area contributed by atoms with E-state index in [1.54, 1.807) is 30.3 Å². The van der Waals surface area contributed by atoms with Crippen molar-refractivity contribution >= 4 is 11.7 Å². The van der Waals surface area contributed by atoms with Gasteiger partial charge in [0.1, 0.15) is 11.4 Å². The Morgan fingerprint density at radius 1 is 1.30 bits per heavy atom. The standard InChI is InChI=1S/C15H16N2O3/c1-10-7-8-14(18)13(17-10)9-16-12-6-4-3-5-11(12)15(19)20-2/h3-8,16,18H,9H2,1-2H3. The van der Waals surface area contributed by atoms with Crippen LogP contribution in [0.5, 0.6) is 5.75 Å². The summed E-state index contributed by atoms with van der Waals surface area (Å²) >= 11 is 0. The number of ether oxygens (including phenoxy) is 1. The summed E-state index contributed by atoms with van der Waals surface area (Å²) in [6.45, 7) is 2.17. The minimum absolute atomic E-state index is 0.124. The van der Waals surface area contributed by atoms with E-state index >= 15 is 0 Å². The van der Waals surface area contributed by atoms with Crippen molar-refractivity contribution in [2.45, 2.75) is 13.5 Å². The second-order valence-electron chi connectivity index (χ2n) is 4.31. The largest absolute Gasteiger partial charge is 0.506 e. The first-order valence-corrected chi connectivity index (χ1v) is 6.18. The van der Waals surface area contributed by atoms with E-state index in [-0.39, 0.29) is 5.75 Å². The van der Waals surface area contributed by atoms with Crippen LogP contribution in [0.15, 0.2) is 36.4 Å². The topological polar surface area (TPSA) is 71.5 Å². The molecule has 0 amide bonds. The fourth-order valence-electron chi connectivity index (χ4n) is 1.84. The van der Waals surface area contributed by atoms with Crippen LogP contribution in [0, 0.1) is 6.92 Å². The van der Waals surface area contributed by atoms with Gasteiger partial charge in [0.15, 0.2) is 0 Å². The average Bonchev–Trinajstić information content (AvgIpc) is 2.47. The van der Waals surface area contributed by atoms with Gasteiger partial charge >= 0.3 is 5.97 Å². The van der Waals surface area contributed by atoms with Crippen LogP contribution in [0.25, 0.3) is 0 Å². The van der Waals surface area contributed by atoms with Crippen LogP contribution in [0.1, 0.15) is 21.7 Å². The third-order valence-electron chi connectivity index (χ3n) is 2.87. The van der Waals surface area contributed by atoms with Crippen LogP contribution >= 0.6 is 0 Å². The quantitative estimate of drug-likeness (QED) is 0.837. The van der Waals surface area contributed by atoms with Crippen LogP contribution in [0.4, 0.5) is 5.69 Å². The number of pyridine rings is 1. The molecule has 0 saturated carbocycles. The van der Waals surface area contributed by atoms with Gasteiger partial charge in [0.05, 0.1) is 19.2 Å². The van der Waals surface area contributed by atoms with E-state index in [1.165, 1.54) is 7.11 Å². The summed E-state index contributed by atoms with van der Waals surface area (Å²) in [5, 5.41) is 12.8. The Labute approximate surface area is 117 Å². The van der Waals surface area contributed by atoms with Crippen LogP contribution in [-0.2, 0) is 11.3 Å². The SMILES string of the molecule is COC(=O)c1ccccc1NCc1nc(C)ccc1O. The molecule has 2 aromatic rings. The number of carbonyl (C=O) groups is 1. The maximum Gasteiger partial charge on any atom is 0.339 e. The van der Waals surface area contributed by atoms with Crippen molar-refractivity contribution in [3.05, 3.63) is 53.3 Å². The Balaban J connectivity index is 2.19. The van der Waals surface area contributed by atoms with Crippen molar-refractivity contribution in [2.24, 2.45) is 0 Å². The van der Waals surface area contributed by atoms with Crippen LogP contribution in [0.2, 0.25) is 0 Å². The molecule has 1 aromatic carbocycles. The highest BCUT2D eigenvalue weighted by atomic mass is 16.5. The molecule has 1 heterocycles. The molecule has 0 aliphatic heterocycles. The van der Waals surface area contributed by atoms with Crippen molar-refractivity contribution < 1.29 is 14.6 Å². The lowest BCUT2D eigenvalue weighted by atomic mass is 10.1. The Kier molecular flexibility index (Phi) is 4.20. The maximum absolute atomic E-state index is 11.6. The first kappa shape index (κ1) is 13.9. The molecule has 5 heteroatoms. The third-order valence-corrected chi connectivity index (χ3v) is 2.87. The lowest BCUT2D eigenvalue weighted by Gasteiger charge is -2.11. The third kappa shape index (κ3) is 3.06. The van der Waals surface area contributed by atoms with Gasteiger partial charge < -0.3 is 15.2 Å². The molecule has 2 N–H and O–H groups in total. The molecule has 5 nitrogen and oxygen atoms in total. The molecule has 0 aliphatic rings. The zero-order valence-corrected chi connectivity index (χ0v) is 11.4. The van der Waals surface area contributed by atoms with Crippen molar-refractivity contribution in [1.82, 2.24) is 4.98 Å². The van der Waals surface area contributed by atoms with E-state index in [1.807, 2.05) is 13.0 Å². The summed E-state index contributed by atoms with van der Waals surface area (Å²) in [6.07, 6.45) is 0. The lowest BCUT2D eigenvalue weighted by Crippen LogP contribution is -2.09. The Morgan fingerprint density at radius 2 is 2.05 bits per heavy atom. The highest BCUT2D eigenvalue weighted by Gasteiger charge is 2.11. The number of aromatic nitrogens is 1. The molecule has 0 bridgehead atoms. The van der Waals surface area contributed by atoms with Gasteiger partial charge in [0.2, 0.25) is 0 Å². The van der Waals surface area contributed by atoms with Crippen molar-refractivity contribution in [3.63, 3.8) is 0 Å². The number of aryl methyl sites for hydroxylation is 1. The van der Waals surface area contributed by atoms with Crippen molar-refractivity contribution in [2.75, 3.05) is 12.4 Å². The second-order valence-corrected chi connectivity index (χ2v) is 4.31. The Hall–Kier alpha value is -2.56. The van der Waals surface area contributed by atoms with E-state index in [2.05, 4.69) is 10.3 Å². The number of benzene rings is 1. The number of nitrogens with zero attached hydrogens (tertiary/aromatic N) is 1. The second kappa shape index (κ2) is 6.06. The molecule has 0 spiro atoms. The van der Waals surface area contributed by atoms with E-state index in [0.717, 1.165) is 5.69 Å². The van der Waals surface area contributed by atoms with E-state index < -0.39 is 5.97 Å². The van der Waals surface area contributed by atoms with Gasteiger partial charge in [-0.3, -0.25) is 4.98 Å². The fourth-order valence-corrected chi connectivity index (χ4v) is 1.84. The van der Waals surface area contributed by atoms with Gasteiger partial charge in [-0.05, 0) is 31.2 Å². The zero-order chi connectivity index (χ0) is 14.5. The minimum Gasteiger partial charge on any atom is -0.506 e. The summed E-state index contributed by atoms with van der Waals surface area (Å²) in [4.78, 5) is 15.9. The molecule has 104 valence electrons. The number of rotatable bonds is 4. The molecule has 0 aliphatic carbocycles. The van der Waals surface area contributed by atoms with E-state index in [0.29, 0.717) is 23.5 Å². The summed E-state index contributed by atoms with van der Waals surface area (Å²) in [5.74, 6) is -0.284. The van der Waals surface area contributed by atoms with Gasteiger partial charge in [-0.2, -0.15) is 0 Å². The summed E-state index contributed by atoms with van der Waals surface area (Å²) in [5.41, 5.74) is 2.44. The number of aromatic hydroxyl groups is 1. The first-order valence-electron chi connectivity index (χ1n) is 6.18. The number of esters is 1. The predicted octanol–water partition coefficient (Wildman–Crippen LogP) is 2.49. The fraction of sp³-hybridized carbons (Fsp3) is 0.200. The number of nitrogens with one attached hydrogen (secondary N) is 1. The maximum atomic E-state index is 11.6. The summed E-state index contributed by atoms with van der Waals surface area (Å²) < 4.78 is 4.73.